The molecule has 1 atom stereocenters. The molecule has 0 saturated carbocycles. The van der Waals surface area contributed by atoms with Crippen LogP contribution in [0.1, 0.15) is 51.2 Å². The number of aryl methyl sites for hydroxylation is 1. The van der Waals surface area contributed by atoms with E-state index in [1.54, 1.807) is 31.2 Å². The Morgan fingerprint density at radius 2 is 1.95 bits per heavy atom. The van der Waals surface area contributed by atoms with Crippen LogP contribution in [0, 0.1) is 0 Å². The van der Waals surface area contributed by atoms with Gasteiger partial charge in [0.15, 0.2) is 0 Å². The number of nitrogens with zero attached hydrogens (tertiary/aromatic N) is 3. The summed E-state index contributed by atoms with van der Waals surface area (Å²) >= 11 is 7.24. The summed E-state index contributed by atoms with van der Waals surface area (Å²) in [5.41, 5.74) is 3.63. The molecule has 3 aromatic rings. The van der Waals surface area contributed by atoms with Gasteiger partial charge in [-0.1, -0.05) is 48.5 Å². The number of halogens is 1. The van der Waals surface area contributed by atoms with Crippen LogP contribution in [-0.4, -0.2) is 50.7 Å². The first-order valence-corrected chi connectivity index (χ1v) is 15.2. The van der Waals surface area contributed by atoms with Gasteiger partial charge < -0.3 is 19.3 Å². The molecule has 2 aromatic carbocycles. The van der Waals surface area contributed by atoms with E-state index in [0.29, 0.717) is 20.7 Å². The number of aliphatic hydroxyl groups excluding tert-OH is 1. The van der Waals surface area contributed by atoms with Gasteiger partial charge in [0, 0.05) is 34.8 Å². The van der Waals surface area contributed by atoms with Crippen molar-refractivity contribution in [2.24, 2.45) is 4.99 Å². The van der Waals surface area contributed by atoms with Crippen LogP contribution in [0.25, 0.3) is 17.0 Å². The first-order valence-electron chi connectivity index (χ1n) is 14.1. The number of hydrogen-bond donors (Lipinski definition) is 1. The molecule has 0 bridgehead atoms. The second-order valence-corrected chi connectivity index (χ2v) is 11.7. The van der Waals surface area contributed by atoms with Crippen molar-refractivity contribution in [3.05, 3.63) is 81.0 Å². The minimum atomic E-state index is -0.634. The fourth-order valence-corrected chi connectivity index (χ4v) is 6.61. The molecule has 0 radical (unpaired) electrons. The zero-order chi connectivity index (χ0) is 29.1. The Balaban J connectivity index is 1.56. The summed E-state index contributed by atoms with van der Waals surface area (Å²) in [5.74, 6) is -0.698. The zero-order valence-electron chi connectivity index (χ0n) is 23.5. The zero-order valence-corrected chi connectivity index (χ0v) is 25.1. The molecule has 0 aliphatic carbocycles. The second-order valence-electron chi connectivity index (χ2n) is 10.3. The molecule has 1 aromatic heterocycles. The van der Waals surface area contributed by atoms with Crippen LogP contribution >= 0.6 is 23.4 Å². The number of aliphatic hydroxyl groups is 1. The van der Waals surface area contributed by atoms with Crippen LogP contribution in [0.5, 0.6) is 0 Å². The van der Waals surface area contributed by atoms with E-state index in [4.69, 9.17) is 16.3 Å². The molecule has 2 aliphatic rings. The maximum absolute atomic E-state index is 13.4. The molecule has 1 fully saturated rings. The van der Waals surface area contributed by atoms with Gasteiger partial charge in [-0.2, -0.15) is 0 Å². The van der Waals surface area contributed by atoms with Gasteiger partial charge in [0.1, 0.15) is 22.9 Å². The summed E-state index contributed by atoms with van der Waals surface area (Å²) in [5, 5.41) is 13.1. The summed E-state index contributed by atoms with van der Waals surface area (Å²) in [6.07, 6.45) is 7.86. The van der Waals surface area contributed by atoms with Gasteiger partial charge in [-0.15, -0.1) is 0 Å². The summed E-state index contributed by atoms with van der Waals surface area (Å²) in [4.78, 5) is 33.4. The molecular weight excluding hydrogens is 558 g/mol. The quantitative estimate of drug-likeness (QED) is 0.288. The Hall–Kier alpha value is -3.49. The molecular formula is C32H34ClN3O4S. The minimum absolute atomic E-state index is 0.0327. The number of likely N-dealkylation sites (tertiary alicyclic amines) is 1. The number of amides is 1. The average molecular weight is 592 g/mol. The third-order valence-corrected chi connectivity index (χ3v) is 8.81. The van der Waals surface area contributed by atoms with Crippen molar-refractivity contribution in [3.8, 4) is 0 Å². The molecule has 1 amide bonds. The fourth-order valence-electron chi connectivity index (χ4n) is 5.46. The highest BCUT2D eigenvalue weighted by molar-refractivity contribution is 8.18. The number of para-hydroxylation sites is 1. The van der Waals surface area contributed by atoms with Gasteiger partial charge in [0.05, 0.1) is 22.7 Å². The van der Waals surface area contributed by atoms with E-state index in [1.165, 1.54) is 11.8 Å². The molecule has 7 nitrogen and oxygen atoms in total. The number of carbonyl (C=O) groups is 2. The predicted molar refractivity (Wildman–Crippen MR) is 167 cm³/mol. The van der Waals surface area contributed by atoms with Crippen LogP contribution in [0.15, 0.2) is 69.9 Å². The van der Waals surface area contributed by atoms with Crippen molar-refractivity contribution in [1.82, 2.24) is 9.47 Å². The standard InChI is InChI=1S/C32H34ClN3O4S/c1-4-21-10-8-11-25-22(18-35(29(21)25)19-27(37)36-16-7-6-9-20(36)3)17-26-30(38)28(32(39)40-5-2)31(41-26)34-24-14-12-23(33)13-15-24/h8,10-15,17-18,20,38H,4-7,9,16,19H2,1-3H3/b26-17-,34-31?/t20-/m1/s1. The number of fused-ring (bicyclic) bond motifs is 1. The van der Waals surface area contributed by atoms with E-state index >= 15 is 0 Å². The Labute approximate surface area is 249 Å². The van der Waals surface area contributed by atoms with Crippen molar-refractivity contribution >= 4 is 62.9 Å². The number of esters is 1. The molecule has 1 saturated heterocycles. The second kappa shape index (κ2) is 12.6. The number of carbonyl (C=O) groups excluding carboxylic acids is 2. The van der Waals surface area contributed by atoms with Crippen LogP contribution in [0.2, 0.25) is 5.02 Å². The van der Waals surface area contributed by atoms with E-state index in [1.807, 2.05) is 33.9 Å². The van der Waals surface area contributed by atoms with Gasteiger partial charge in [-0.25, -0.2) is 9.79 Å². The minimum Gasteiger partial charge on any atom is -0.506 e. The molecule has 41 heavy (non-hydrogen) atoms. The molecule has 2 aliphatic heterocycles. The van der Waals surface area contributed by atoms with Crippen molar-refractivity contribution in [1.29, 1.82) is 0 Å². The molecule has 214 valence electrons. The van der Waals surface area contributed by atoms with Gasteiger partial charge in [0.2, 0.25) is 5.91 Å². The van der Waals surface area contributed by atoms with E-state index in [2.05, 4.69) is 24.9 Å². The SMILES string of the molecule is CCOC(=O)C1=C(O)/C(=C/c2cn(CC(=O)N3CCCC[C@H]3C)c3c(CC)cccc23)SC1=Nc1ccc(Cl)cc1. The summed E-state index contributed by atoms with van der Waals surface area (Å²) < 4.78 is 7.28. The van der Waals surface area contributed by atoms with Crippen molar-refractivity contribution in [2.45, 2.75) is 59.0 Å². The van der Waals surface area contributed by atoms with Crippen LogP contribution in [0.4, 0.5) is 5.69 Å². The Morgan fingerprint density at radius 1 is 1.17 bits per heavy atom. The summed E-state index contributed by atoms with van der Waals surface area (Å²) in [6, 6.07) is 13.3. The number of thioether (sulfide) groups is 1. The fraction of sp³-hybridized carbons (Fsp3) is 0.344. The predicted octanol–water partition coefficient (Wildman–Crippen LogP) is 7.45. The van der Waals surface area contributed by atoms with E-state index < -0.39 is 5.97 Å². The van der Waals surface area contributed by atoms with Crippen molar-refractivity contribution in [3.63, 3.8) is 0 Å². The highest BCUT2D eigenvalue weighted by Gasteiger charge is 2.33. The van der Waals surface area contributed by atoms with Crippen molar-refractivity contribution in [2.75, 3.05) is 13.2 Å². The number of ether oxygens (including phenoxy) is 1. The monoisotopic (exact) mass is 591 g/mol. The largest absolute Gasteiger partial charge is 0.506 e. The smallest absolute Gasteiger partial charge is 0.344 e. The lowest BCUT2D eigenvalue weighted by Gasteiger charge is -2.33. The van der Waals surface area contributed by atoms with Crippen LogP contribution < -0.4 is 0 Å². The van der Waals surface area contributed by atoms with Gasteiger partial charge in [0.25, 0.3) is 0 Å². The number of aromatic nitrogens is 1. The Morgan fingerprint density at radius 3 is 2.66 bits per heavy atom. The third-order valence-electron chi connectivity index (χ3n) is 7.54. The number of hydrogen-bond acceptors (Lipinski definition) is 6. The summed E-state index contributed by atoms with van der Waals surface area (Å²) in [7, 11) is 0. The average Bonchev–Trinajstić information content (AvgIpc) is 3.46. The van der Waals surface area contributed by atoms with E-state index in [0.717, 1.165) is 54.3 Å². The molecule has 0 unspecified atom stereocenters. The van der Waals surface area contributed by atoms with Crippen molar-refractivity contribution < 1.29 is 19.4 Å². The molecule has 1 N–H and O–H groups in total. The number of benzene rings is 2. The van der Waals surface area contributed by atoms with Crippen LogP contribution in [-0.2, 0) is 27.3 Å². The van der Waals surface area contributed by atoms with E-state index in [-0.39, 0.29) is 36.4 Å². The Bertz CT molecular complexity index is 1570. The van der Waals surface area contributed by atoms with Gasteiger partial charge in [-0.3, -0.25) is 4.79 Å². The first kappa shape index (κ1) is 29.0. The maximum atomic E-state index is 13.4. The number of aliphatic imine (C=N–C) groups is 1. The Kier molecular flexibility index (Phi) is 8.90. The lowest BCUT2D eigenvalue weighted by atomic mass is 10.0. The normalized spacial score (nSPS) is 19.5. The molecule has 5 rings (SSSR count). The molecule has 0 spiro atoms. The number of piperidine rings is 1. The highest BCUT2D eigenvalue weighted by atomic mass is 35.5. The molecule has 9 heteroatoms. The highest BCUT2D eigenvalue weighted by Crippen LogP contribution is 2.41. The van der Waals surface area contributed by atoms with Gasteiger partial charge in [-0.05, 0) is 75.4 Å². The number of rotatable bonds is 7. The molecule has 3 heterocycles. The summed E-state index contributed by atoms with van der Waals surface area (Å²) in [6.45, 7) is 7.15. The lowest BCUT2D eigenvalue weighted by Crippen LogP contribution is -2.43. The first-order chi connectivity index (χ1) is 19.8. The van der Waals surface area contributed by atoms with Gasteiger partial charge >= 0.3 is 5.97 Å². The lowest BCUT2D eigenvalue weighted by molar-refractivity contribution is -0.138. The maximum Gasteiger partial charge on any atom is 0.344 e. The topological polar surface area (TPSA) is 84.1 Å². The third kappa shape index (κ3) is 6.09. The van der Waals surface area contributed by atoms with E-state index in [9.17, 15) is 14.7 Å². The van der Waals surface area contributed by atoms with Crippen LogP contribution in [0.3, 0.4) is 0 Å².